The molecule has 2 heterocycles. The number of allylic oxidation sites excluding steroid dienone is 1. The van der Waals surface area contributed by atoms with Crippen molar-refractivity contribution in [1.82, 2.24) is 14.8 Å². The Morgan fingerprint density at radius 2 is 1.77 bits per heavy atom. The molecule has 0 aliphatic heterocycles. The van der Waals surface area contributed by atoms with Crippen LogP contribution >= 0.6 is 23.1 Å². The van der Waals surface area contributed by atoms with Crippen LogP contribution in [-0.2, 0) is 27.2 Å². The van der Waals surface area contributed by atoms with Crippen LogP contribution in [0.4, 0.5) is 5.00 Å². The molecule has 12 heteroatoms. The molecule has 1 unspecified atom stereocenters. The van der Waals surface area contributed by atoms with Crippen LogP contribution in [0, 0.1) is 6.92 Å². The molecule has 3 rings (SSSR count). The molecule has 0 spiro atoms. The number of esters is 2. The van der Waals surface area contributed by atoms with Crippen LogP contribution in [0.3, 0.4) is 0 Å². The van der Waals surface area contributed by atoms with E-state index in [2.05, 4.69) is 29.0 Å². The molecule has 10 nitrogen and oxygen atoms in total. The van der Waals surface area contributed by atoms with Crippen LogP contribution in [-0.4, -0.2) is 51.6 Å². The predicted octanol–water partition coefficient (Wildman–Crippen LogP) is 5.62. The average molecular weight is 587 g/mol. The number of anilines is 1. The van der Waals surface area contributed by atoms with Crippen molar-refractivity contribution in [3.8, 4) is 5.75 Å². The highest BCUT2D eigenvalue weighted by Gasteiger charge is 2.27. The highest BCUT2D eigenvalue weighted by molar-refractivity contribution is 7.99. The van der Waals surface area contributed by atoms with Gasteiger partial charge in [0.1, 0.15) is 15.6 Å². The standard InChI is InChI=1S/C28H34N4O6S2/c1-7-15-32-24(18(6)38-20-13-11-19(8-2)12-14-20)30-31-28(32)39-16-21(33)29-25-22(26(34)36-9-3)17(5)23(40-25)27(35)37-10-4/h7,11-14,18H,1,8-10,15-16H2,2-6H3,(H,29,33). The summed E-state index contributed by atoms with van der Waals surface area (Å²) in [7, 11) is 0. The monoisotopic (exact) mass is 586 g/mol. The molecule has 1 atom stereocenters. The molecule has 0 saturated heterocycles. The fraction of sp³-hybridized carbons (Fsp3) is 0.393. The van der Waals surface area contributed by atoms with Gasteiger partial charge in [-0.25, -0.2) is 9.59 Å². The van der Waals surface area contributed by atoms with Gasteiger partial charge >= 0.3 is 11.9 Å². The van der Waals surface area contributed by atoms with E-state index in [1.54, 1.807) is 26.8 Å². The number of ether oxygens (including phenoxy) is 3. The van der Waals surface area contributed by atoms with E-state index in [9.17, 15) is 14.4 Å². The predicted molar refractivity (Wildman–Crippen MR) is 155 cm³/mol. The smallest absolute Gasteiger partial charge is 0.348 e. The topological polar surface area (TPSA) is 122 Å². The molecule has 0 aliphatic rings. The first-order valence-electron chi connectivity index (χ1n) is 12.9. The summed E-state index contributed by atoms with van der Waals surface area (Å²) in [6, 6.07) is 7.89. The number of rotatable bonds is 14. The minimum absolute atomic E-state index is 0.0169. The second-order valence-electron chi connectivity index (χ2n) is 8.54. The van der Waals surface area contributed by atoms with Gasteiger partial charge in [0.25, 0.3) is 0 Å². The van der Waals surface area contributed by atoms with Crippen molar-refractivity contribution in [3.05, 3.63) is 64.3 Å². The first-order valence-corrected chi connectivity index (χ1v) is 14.7. The van der Waals surface area contributed by atoms with Crippen LogP contribution in [0.5, 0.6) is 5.75 Å². The van der Waals surface area contributed by atoms with Crippen LogP contribution in [0.2, 0.25) is 0 Å². The maximum atomic E-state index is 12.9. The van der Waals surface area contributed by atoms with Gasteiger partial charge in [-0.1, -0.05) is 36.9 Å². The summed E-state index contributed by atoms with van der Waals surface area (Å²) in [6.45, 7) is 13.6. The normalized spacial score (nSPS) is 11.5. The minimum atomic E-state index is -0.622. The third kappa shape index (κ3) is 7.51. The van der Waals surface area contributed by atoms with Gasteiger partial charge in [-0.15, -0.1) is 28.1 Å². The van der Waals surface area contributed by atoms with E-state index in [1.165, 1.54) is 17.3 Å². The van der Waals surface area contributed by atoms with Crippen molar-refractivity contribution in [3.63, 3.8) is 0 Å². The molecule has 214 valence electrons. The van der Waals surface area contributed by atoms with E-state index in [4.69, 9.17) is 14.2 Å². The molecule has 3 aromatic rings. The number of carbonyl (C=O) groups excluding carboxylic acids is 3. The molecular formula is C28H34N4O6S2. The summed E-state index contributed by atoms with van der Waals surface area (Å²) in [5.41, 5.74) is 1.76. The Labute approximate surface area is 242 Å². The fourth-order valence-electron chi connectivity index (χ4n) is 3.80. The third-order valence-electron chi connectivity index (χ3n) is 5.74. The second kappa shape index (κ2) is 14.7. The number of nitrogens with zero attached hydrogens (tertiary/aromatic N) is 3. The molecule has 1 N–H and O–H groups in total. The van der Waals surface area contributed by atoms with Crippen LogP contribution in [0.25, 0.3) is 0 Å². The van der Waals surface area contributed by atoms with Crippen LogP contribution in [0.15, 0.2) is 42.1 Å². The Bertz CT molecular complexity index is 1350. The zero-order valence-electron chi connectivity index (χ0n) is 23.3. The van der Waals surface area contributed by atoms with Crippen molar-refractivity contribution in [2.75, 3.05) is 24.3 Å². The van der Waals surface area contributed by atoms with Crippen molar-refractivity contribution >= 4 is 45.9 Å². The summed E-state index contributed by atoms with van der Waals surface area (Å²) in [5, 5.41) is 12.1. The Hall–Kier alpha value is -3.64. The SMILES string of the molecule is C=CCn1c(SCC(=O)Nc2sc(C(=O)OCC)c(C)c2C(=O)OCC)nnc1C(C)Oc1ccc(CC)cc1. The molecular weight excluding hydrogens is 552 g/mol. The molecule has 40 heavy (non-hydrogen) atoms. The Morgan fingerprint density at radius 1 is 1.10 bits per heavy atom. The number of aromatic nitrogens is 3. The first-order chi connectivity index (χ1) is 19.2. The third-order valence-corrected chi connectivity index (χ3v) is 7.89. The number of hydrogen-bond donors (Lipinski definition) is 1. The largest absolute Gasteiger partial charge is 0.483 e. The number of hydrogen-bond acceptors (Lipinski definition) is 10. The molecule has 0 saturated carbocycles. The lowest BCUT2D eigenvalue weighted by Crippen LogP contribution is -2.17. The quantitative estimate of drug-likeness (QED) is 0.146. The van der Waals surface area contributed by atoms with Gasteiger partial charge in [0.15, 0.2) is 17.1 Å². The molecule has 1 amide bonds. The highest BCUT2D eigenvalue weighted by Crippen LogP contribution is 2.35. The van der Waals surface area contributed by atoms with Crippen molar-refractivity contribution in [1.29, 1.82) is 0 Å². The molecule has 2 aromatic heterocycles. The lowest BCUT2D eigenvalue weighted by atomic mass is 10.1. The molecule has 0 radical (unpaired) electrons. The van der Waals surface area contributed by atoms with E-state index in [0.717, 1.165) is 23.5 Å². The number of thioether (sulfide) groups is 1. The summed E-state index contributed by atoms with van der Waals surface area (Å²) in [6.07, 6.45) is 2.27. The summed E-state index contributed by atoms with van der Waals surface area (Å²) < 4.78 is 18.2. The highest BCUT2D eigenvalue weighted by atomic mass is 32.2. The maximum Gasteiger partial charge on any atom is 0.348 e. The number of benzene rings is 1. The minimum Gasteiger partial charge on any atom is -0.483 e. The number of nitrogens with one attached hydrogen (secondary N) is 1. The van der Waals surface area contributed by atoms with Gasteiger partial charge in [-0.05, 0) is 57.4 Å². The molecule has 0 aliphatic carbocycles. The molecule has 0 fully saturated rings. The zero-order chi connectivity index (χ0) is 29.2. The van der Waals surface area contributed by atoms with Gasteiger partial charge in [0.2, 0.25) is 5.91 Å². The Morgan fingerprint density at radius 3 is 2.40 bits per heavy atom. The van der Waals surface area contributed by atoms with Crippen LogP contribution in [0.1, 0.15) is 70.8 Å². The molecule has 0 bridgehead atoms. The van der Waals surface area contributed by atoms with Crippen molar-refractivity contribution in [2.24, 2.45) is 0 Å². The number of aryl methyl sites for hydroxylation is 1. The van der Waals surface area contributed by atoms with Gasteiger partial charge in [-0.2, -0.15) is 0 Å². The second-order valence-corrected chi connectivity index (χ2v) is 10.5. The lowest BCUT2D eigenvalue weighted by molar-refractivity contribution is -0.113. The average Bonchev–Trinajstić information content (AvgIpc) is 3.48. The van der Waals surface area contributed by atoms with Gasteiger partial charge in [0, 0.05) is 6.54 Å². The van der Waals surface area contributed by atoms with Gasteiger partial charge in [-0.3, -0.25) is 9.36 Å². The summed E-state index contributed by atoms with van der Waals surface area (Å²) in [4.78, 5) is 38.2. The lowest BCUT2D eigenvalue weighted by Gasteiger charge is -2.16. The number of carbonyl (C=O) groups is 3. The van der Waals surface area contributed by atoms with Crippen LogP contribution < -0.4 is 10.1 Å². The summed E-state index contributed by atoms with van der Waals surface area (Å²) in [5.74, 6) is -0.271. The van der Waals surface area contributed by atoms with E-state index >= 15 is 0 Å². The van der Waals surface area contributed by atoms with Crippen molar-refractivity contribution < 1.29 is 28.6 Å². The number of thiophene rings is 1. The van der Waals surface area contributed by atoms with Gasteiger partial charge in [0.05, 0.1) is 24.5 Å². The fourth-order valence-corrected chi connectivity index (χ4v) is 5.66. The zero-order valence-corrected chi connectivity index (χ0v) is 24.9. The maximum absolute atomic E-state index is 12.9. The molecule has 1 aromatic carbocycles. The van der Waals surface area contributed by atoms with E-state index in [-0.39, 0.29) is 40.3 Å². The Balaban J connectivity index is 1.74. The number of amides is 1. The van der Waals surface area contributed by atoms with E-state index < -0.39 is 18.0 Å². The summed E-state index contributed by atoms with van der Waals surface area (Å²) >= 11 is 2.17. The van der Waals surface area contributed by atoms with E-state index in [1.807, 2.05) is 35.8 Å². The Kier molecular flexibility index (Phi) is 11.3. The van der Waals surface area contributed by atoms with E-state index in [0.29, 0.717) is 23.1 Å². The van der Waals surface area contributed by atoms with Crippen molar-refractivity contribution in [2.45, 2.75) is 58.8 Å². The first kappa shape index (κ1) is 30.9. The van der Waals surface area contributed by atoms with Gasteiger partial charge < -0.3 is 19.5 Å².